The largest absolute Gasteiger partial charge is 0.387 e. The SMILES string of the molecule is CC(C(=N)N)C1CNC1. The molecule has 0 saturated carbocycles. The van der Waals surface area contributed by atoms with E-state index in [4.69, 9.17) is 11.1 Å². The molecule has 0 radical (unpaired) electrons. The van der Waals surface area contributed by atoms with Crippen LogP contribution in [0.2, 0.25) is 0 Å². The first kappa shape index (κ1) is 6.55. The van der Waals surface area contributed by atoms with E-state index in [-0.39, 0.29) is 5.92 Å². The van der Waals surface area contributed by atoms with Gasteiger partial charge < -0.3 is 11.1 Å². The summed E-state index contributed by atoms with van der Waals surface area (Å²) in [5.41, 5.74) is 5.30. The lowest BCUT2D eigenvalue weighted by Gasteiger charge is -2.31. The van der Waals surface area contributed by atoms with Crippen molar-refractivity contribution in [2.24, 2.45) is 17.6 Å². The van der Waals surface area contributed by atoms with Crippen molar-refractivity contribution >= 4 is 5.84 Å². The summed E-state index contributed by atoms with van der Waals surface area (Å²) in [6.45, 7) is 4.06. The minimum Gasteiger partial charge on any atom is -0.387 e. The normalized spacial score (nSPS) is 22.8. The van der Waals surface area contributed by atoms with Crippen molar-refractivity contribution in [1.82, 2.24) is 5.32 Å². The third-order valence-corrected chi connectivity index (χ3v) is 2.01. The lowest BCUT2D eigenvalue weighted by Crippen LogP contribution is -2.48. The Hall–Kier alpha value is -0.570. The quantitative estimate of drug-likeness (QED) is 0.354. The Labute approximate surface area is 55.1 Å². The molecule has 1 rings (SSSR count). The lowest BCUT2D eigenvalue weighted by atomic mass is 9.88. The second kappa shape index (κ2) is 2.35. The van der Waals surface area contributed by atoms with Crippen LogP contribution in [0.3, 0.4) is 0 Å². The van der Waals surface area contributed by atoms with Gasteiger partial charge in [0.1, 0.15) is 0 Å². The van der Waals surface area contributed by atoms with E-state index in [0.29, 0.717) is 11.8 Å². The molecule has 0 amide bonds. The van der Waals surface area contributed by atoms with E-state index in [1.54, 1.807) is 0 Å². The topological polar surface area (TPSA) is 61.9 Å². The maximum absolute atomic E-state index is 7.12. The Morgan fingerprint density at radius 3 is 2.44 bits per heavy atom. The summed E-state index contributed by atoms with van der Waals surface area (Å²) in [5.74, 6) is 1.20. The summed E-state index contributed by atoms with van der Waals surface area (Å²) in [6, 6.07) is 0. The van der Waals surface area contributed by atoms with Gasteiger partial charge in [-0.2, -0.15) is 0 Å². The molecule has 0 aromatic heterocycles. The molecule has 52 valence electrons. The summed E-state index contributed by atoms with van der Waals surface area (Å²) in [5, 5.41) is 10.3. The molecule has 1 saturated heterocycles. The zero-order valence-corrected chi connectivity index (χ0v) is 5.65. The second-order valence-corrected chi connectivity index (χ2v) is 2.66. The van der Waals surface area contributed by atoms with Crippen LogP contribution in [-0.2, 0) is 0 Å². The van der Waals surface area contributed by atoms with Crippen molar-refractivity contribution in [3.05, 3.63) is 0 Å². The van der Waals surface area contributed by atoms with Crippen LogP contribution in [0.25, 0.3) is 0 Å². The first-order valence-corrected chi connectivity index (χ1v) is 3.26. The molecule has 9 heavy (non-hydrogen) atoms. The van der Waals surface area contributed by atoms with Gasteiger partial charge in [0.2, 0.25) is 0 Å². The Morgan fingerprint density at radius 2 is 2.33 bits per heavy atom. The monoisotopic (exact) mass is 127 g/mol. The van der Waals surface area contributed by atoms with Gasteiger partial charge in [-0.05, 0) is 19.0 Å². The molecule has 1 atom stereocenters. The van der Waals surface area contributed by atoms with Crippen LogP contribution in [0, 0.1) is 17.2 Å². The van der Waals surface area contributed by atoms with Crippen molar-refractivity contribution in [1.29, 1.82) is 5.41 Å². The molecule has 1 unspecified atom stereocenters. The summed E-state index contributed by atoms with van der Waals surface area (Å²) >= 11 is 0. The minimum absolute atomic E-state index is 0.270. The second-order valence-electron chi connectivity index (χ2n) is 2.66. The minimum atomic E-state index is 0.270. The lowest BCUT2D eigenvalue weighted by molar-refractivity contribution is 0.297. The third kappa shape index (κ3) is 1.21. The highest BCUT2D eigenvalue weighted by molar-refractivity contribution is 5.79. The Morgan fingerprint density at radius 1 is 1.78 bits per heavy atom. The van der Waals surface area contributed by atoms with E-state index in [0.717, 1.165) is 13.1 Å². The molecule has 0 aromatic rings. The highest BCUT2D eigenvalue weighted by atomic mass is 15.0. The molecule has 0 spiro atoms. The molecule has 3 nitrogen and oxygen atoms in total. The van der Waals surface area contributed by atoms with E-state index in [9.17, 15) is 0 Å². The predicted octanol–water partition coefficient (Wildman–Crippen LogP) is -0.222. The van der Waals surface area contributed by atoms with Crippen LogP contribution in [0.15, 0.2) is 0 Å². The number of amidine groups is 1. The van der Waals surface area contributed by atoms with Crippen molar-refractivity contribution in [3.8, 4) is 0 Å². The number of hydrogen-bond donors (Lipinski definition) is 3. The summed E-state index contributed by atoms with van der Waals surface area (Å²) in [6.07, 6.45) is 0. The Balaban J connectivity index is 2.32. The number of rotatable bonds is 2. The van der Waals surface area contributed by atoms with Gasteiger partial charge in [0.15, 0.2) is 0 Å². The van der Waals surface area contributed by atoms with Gasteiger partial charge in [-0.1, -0.05) is 6.92 Å². The molecular weight excluding hydrogens is 114 g/mol. The number of nitrogens with two attached hydrogens (primary N) is 1. The van der Waals surface area contributed by atoms with Crippen LogP contribution >= 0.6 is 0 Å². The average Bonchev–Trinajstić information content (AvgIpc) is 1.60. The van der Waals surface area contributed by atoms with Gasteiger partial charge in [0.05, 0.1) is 5.84 Å². The van der Waals surface area contributed by atoms with Crippen molar-refractivity contribution in [2.75, 3.05) is 13.1 Å². The molecule has 4 N–H and O–H groups in total. The molecule has 1 heterocycles. The average molecular weight is 127 g/mol. The van der Waals surface area contributed by atoms with Crippen LogP contribution in [0.5, 0.6) is 0 Å². The summed E-state index contributed by atoms with van der Waals surface area (Å²) in [7, 11) is 0. The van der Waals surface area contributed by atoms with Crippen molar-refractivity contribution in [3.63, 3.8) is 0 Å². The van der Waals surface area contributed by atoms with Crippen LogP contribution < -0.4 is 11.1 Å². The first-order chi connectivity index (χ1) is 4.22. The van der Waals surface area contributed by atoms with Gasteiger partial charge >= 0.3 is 0 Å². The maximum atomic E-state index is 7.12. The van der Waals surface area contributed by atoms with E-state index in [1.165, 1.54) is 0 Å². The van der Waals surface area contributed by atoms with Crippen LogP contribution in [-0.4, -0.2) is 18.9 Å². The van der Waals surface area contributed by atoms with E-state index < -0.39 is 0 Å². The van der Waals surface area contributed by atoms with E-state index in [1.807, 2.05) is 6.92 Å². The van der Waals surface area contributed by atoms with Crippen molar-refractivity contribution in [2.45, 2.75) is 6.92 Å². The Bertz CT molecular complexity index is 117. The fourth-order valence-corrected chi connectivity index (χ4v) is 0.918. The predicted molar refractivity (Wildman–Crippen MR) is 37.4 cm³/mol. The maximum Gasteiger partial charge on any atom is 0.0937 e. The molecule has 1 aliphatic rings. The molecule has 0 aromatic carbocycles. The highest BCUT2D eigenvalue weighted by Gasteiger charge is 2.24. The fraction of sp³-hybridized carbons (Fsp3) is 0.833. The van der Waals surface area contributed by atoms with Crippen LogP contribution in [0.1, 0.15) is 6.92 Å². The Kier molecular flexibility index (Phi) is 1.71. The van der Waals surface area contributed by atoms with Gasteiger partial charge in [-0.15, -0.1) is 0 Å². The highest BCUT2D eigenvalue weighted by Crippen LogP contribution is 2.14. The number of nitrogens with one attached hydrogen (secondary N) is 2. The third-order valence-electron chi connectivity index (χ3n) is 2.01. The smallest absolute Gasteiger partial charge is 0.0937 e. The van der Waals surface area contributed by atoms with Crippen molar-refractivity contribution < 1.29 is 0 Å². The standard InChI is InChI=1S/C6H13N3/c1-4(6(7)8)5-2-9-3-5/h4-5,9H,2-3H2,1H3,(H3,7,8). The summed E-state index contributed by atoms with van der Waals surface area (Å²) < 4.78 is 0. The summed E-state index contributed by atoms with van der Waals surface area (Å²) in [4.78, 5) is 0. The zero-order valence-electron chi connectivity index (χ0n) is 5.65. The molecule has 1 fully saturated rings. The molecular formula is C6H13N3. The van der Waals surface area contributed by atoms with Gasteiger partial charge in [0.25, 0.3) is 0 Å². The van der Waals surface area contributed by atoms with E-state index >= 15 is 0 Å². The number of hydrogen-bond acceptors (Lipinski definition) is 2. The van der Waals surface area contributed by atoms with Gasteiger partial charge in [-0.3, -0.25) is 5.41 Å². The van der Waals surface area contributed by atoms with Gasteiger partial charge in [-0.25, -0.2) is 0 Å². The first-order valence-electron chi connectivity index (χ1n) is 3.26. The zero-order chi connectivity index (χ0) is 6.85. The molecule has 0 bridgehead atoms. The molecule has 3 heteroatoms. The van der Waals surface area contributed by atoms with Gasteiger partial charge in [0, 0.05) is 5.92 Å². The van der Waals surface area contributed by atoms with E-state index in [2.05, 4.69) is 5.32 Å². The van der Waals surface area contributed by atoms with Crippen LogP contribution in [0.4, 0.5) is 0 Å². The fourth-order valence-electron chi connectivity index (χ4n) is 0.918. The molecule has 1 aliphatic heterocycles. The molecule has 0 aliphatic carbocycles.